The van der Waals surface area contributed by atoms with Crippen molar-refractivity contribution in [3.63, 3.8) is 0 Å². The van der Waals surface area contributed by atoms with Crippen molar-refractivity contribution in [1.29, 1.82) is 0 Å². The van der Waals surface area contributed by atoms with E-state index in [9.17, 15) is 0 Å². The van der Waals surface area contributed by atoms with E-state index in [4.69, 9.17) is 28.2 Å². The molecule has 0 bridgehead atoms. The van der Waals surface area contributed by atoms with Crippen molar-refractivity contribution in [2.75, 3.05) is 0 Å². The number of fused-ring (bicyclic) bond motifs is 1. The molecule has 3 aromatic carbocycles. The van der Waals surface area contributed by atoms with Gasteiger partial charge in [-0.05, 0) is 48.7 Å². The second kappa shape index (κ2) is 6.55. The Morgan fingerprint density at radius 3 is 2.56 bits per heavy atom. The molecule has 0 aliphatic carbocycles. The van der Waals surface area contributed by atoms with Crippen molar-refractivity contribution in [3.05, 3.63) is 87.4 Å². The number of benzene rings is 3. The number of H-pyrrole nitrogens is 1. The Labute approximate surface area is 156 Å². The molecule has 0 saturated carbocycles. The highest BCUT2D eigenvalue weighted by Gasteiger charge is 2.10. The molecule has 0 saturated heterocycles. The molecule has 25 heavy (non-hydrogen) atoms. The minimum Gasteiger partial charge on any atom is -0.338 e. The predicted molar refractivity (Wildman–Crippen MR) is 106 cm³/mol. The smallest absolute Gasteiger partial charge is 0.138 e. The first-order valence-electron chi connectivity index (χ1n) is 8.09. The van der Waals surface area contributed by atoms with E-state index in [0.717, 1.165) is 40.0 Å². The van der Waals surface area contributed by atoms with E-state index in [1.165, 1.54) is 5.56 Å². The third kappa shape index (κ3) is 3.28. The van der Waals surface area contributed by atoms with E-state index in [-0.39, 0.29) is 0 Å². The summed E-state index contributed by atoms with van der Waals surface area (Å²) < 4.78 is 0. The largest absolute Gasteiger partial charge is 0.338 e. The fourth-order valence-corrected chi connectivity index (χ4v) is 3.35. The Morgan fingerprint density at radius 2 is 1.76 bits per heavy atom. The first-order chi connectivity index (χ1) is 12.1. The molecule has 1 heterocycles. The molecule has 2 nitrogen and oxygen atoms in total. The predicted octanol–water partition coefficient (Wildman–Crippen LogP) is 6.44. The summed E-state index contributed by atoms with van der Waals surface area (Å²) >= 11 is 12.2. The van der Waals surface area contributed by atoms with E-state index >= 15 is 0 Å². The molecular formula is C21H16Cl2N2. The average Bonchev–Trinajstić information content (AvgIpc) is 3.04. The number of halogens is 2. The Bertz CT molecular complexity index is 1070. The molecular weight excluding hydrogens is 351 g/mol. The second-order valence-electron chi connectivity index (χ2n) is 6.19. The minimum absolute atomic E-state index is 0.574. The second-order valence-corrected chi connectivity index (χ2v) is 7.01. The van der Waals surface area contributed by atoms with Crippen LogP contribution in [0.15, 0.2) is 60.7 Å². The number of hydrogen-bond acceptors (Lipinski definition) is 1. The van der Waals surface area contributed by atoms with Crippen molar-refractivity contribution < 1.29 is 0 Å². The molecule has 124 valence electrons. The molecule has 0 radical (unpaired) electrons. The fraction of sp³-hybridized carbons (Fsp3) is 0.0952. The zero-order valence-corrected chi connectivity index (χ0v) is 15.2. The maximum atomic E-state index is 6.14. The Morgan fingerprint density at radius 1 is 0.920 bits per heavy atom. The topological polar surface area (TPSA) is 28.7 Å². The fourth-order valence-electron chi connectivity index (χ4n) is 3.03. The molecule has 1 N–H and O–H groups in total. The van der Waals surface area contributed by atoms with Crippen LogP contribution in [0.5, 0.6) is 0 Å². The van der Waals surface area contributed by atoms with Crippen molar-refractivity contribution in [3.8, 4) is 11.4 Å². The number of imidazole rings is 1. The maximum absolute atomic E-state index is 6.14. The van der Waals surface area contributed by atoms with Gasteiger partial charge in [-0.15, -0.1) is 0 Å². The first kappa shape index (κ1) is 16.2. The highest BCUT2D eigenvalue weighted by molar-refractivity contribution is 6.42. The van der Waals surface area contributed by atoms with Crippen LogP contribution >= 0.6 is 23.2 Å². The lowest BCUT2D eigenvalue weighted by Gasteiger charge is -2.04. The van der Waals surface area contributed by atoms with Crippen LogP contribution in [0.2, 0.25) is 10.0 Å². The number of aromatic nitrogens is 2. The molecule has 4 aromatic rings. The summed E-state index contributed by atoms with van der Waals surface area (Å²) in [4.78, 5) is 8.27. The van der Waals surface area contributed by atoms with Crippen molar-refractivity contribution in [2.45, 2.75) is 13.3 Å². The highest BCUT2D eigenvalue weighted by atomic mass is 35.5. The summed E-state index contributed by atoms with van der Waals surface area (Å²) in [6, 6.07) is 20.3. The molecule has 0 fully saturated rings. The lowest BCUT2D eigenvalue weighted by Crippen LogP contribution is -1.90. The molecule has 0 atom stereocenters. The number of aryl methyl sites for hydroxylation is 1. The molecule has 0 spiro atoms. The zero-order valence-electron chi connectivity index (χ0n) is 13.7. The number of nitrogens with zero attached hydrogens (tertiary/aromatic N) is 1. The molecule has 0 unspecified atom stereocenters. The summed E-state index contributed by atoms with van der Waals surface area (Å²) in [5.74, 6) is 0.889. The van der Waals surface area contributed by atoms with Crippen molar-refractivity contribution in [1.82, 2.24) is 9.97 Å². The van der Waals surface area contributed by atoms with Gasteiger partial charge in [0.25, 0.3) is 0 Å². The zero-order chi connectivity index (χ0) is 17.4. The van der Waals surface area contributed by atoms with Crippen LogP contribution in [-0.4, -0.2) is 9.97 Å². The average molecular weight is 367 g/mol. The van der Waals surface area contributed by atoms with Gasteiger partial charge in [-0.2, -0.15) is 0 Å². The number of hydrogen-bond donors (Lipinski definition) is 1. The molecule has 1 aromatic heterocycles. The van der Waals surface area contributed by atoms with E-state index in [2.05, 4.69) is 48.3 Å². The SMILES string of the molecule is Cc1cccc(-c2nc3c(Cc4ccc(Cl)c(Cl)c4)cccc3[nH]2)c1. The van der Waals surface area contributed by atoms with Crippen LogP contribution in [0.3, 0.4) is 0 Å². The third-order valence-electron chi connectivity index (χ3n) is 4.27. The monoisotopic (exact) mass is 366 g/mol. The van der Waals surface area contributed by atoms with Gasteiger partial charge in [0.15, 0.2) is 0 Å². The standard InChI is InChI=1S/C21H16Cl2N2/c1-13-4-2-6-16(10-13)21-24-19-7-3-5-15(20(19)25-21)11-14-8-9-17(22)18(23)12-14/h2-10,12H,11H2,1H3,(H,24,25). The van der Waals surface area contributed by atoms with Gasteiger partial charge in [0.05, 0.1) is 21.1 Å². The summed E-state index contributed by atoms with van der Waals surface area (Å²) in [5.41, 5.74) is 6.61. The van der Waals surface area contributed by atoms with Crippen LogP contribution in [0.1, 0.15) is 16.7 Å². The number of para-hydroxylation sites is 1. The van der Waals surface area contributed by atoms with Gasteiger partial charge in [0.1, 0.15) is 5.82 Å². The minimum atomic E-state index is 0.574. The lowest BCUT2D eigenvalue weighted by molar-refractivity contribution is 1.20. The molecule has 4 heteroatoms. The summed E-state index contributed by atoms with van der Waals surface area (Å²) in [5, 5.41) is 1.15. The van der Waals surface area contributed by atoms with Gasteiger partial charge >= 0.3 is 0 Å². The summed E-state index contributed by atoms with van der Waals surface area (Å²) in [6.07, 6.45) is 0.756. The van der Waals surface area contributed by atoms with Crippen molar-refractivity contribution >= 4 is 34.2 Å². The van der Waals surface area contributed by atoms with Crippen molar-refractivity contribution in [2.24, 2.45) is 0 Å². The van der Waals surface area contributed by atoms with Gasteiger partial charge in [-0.3, -0.25) is 0 Å². The van der Waals surface area contributed by atoms with Gasteiger partial charge in [-0.1, -0.05) is 65.2 Å². The van der Waals surface area contributed by atoms with Gasteiger partial charge in [0, 0.05) is 5.56 Å². The quantitative estimate of drug-likeness (QED) is 0.444. The van der Waals surface area contributed by atoms with E-state index in [1.807, 2.05) is 24.3 Å². The van der Waals surface area contributed by atoms with Gasteiger partial charge < -0.3 is 4.98 Å². The number of aromatic amines is 1. The number of rotatable bonds is 3. The van der Waals surface area contributed by atoms with Crippen LogP contribution in [-0.2, 0) is 6.42 Å². The molecule has 0 amide bonds. The third-order valence-corrected chi connectivity index (χ3v) is 5.01. The Balaban J connectivity index is 1.76. The van der Waals surface area contributed by atoms with Crippen LogP contribution < -0.4 is 0 Å². The molecule has 0 aliphatic heterocycles. The highest BCUT2D eigenvalue weighted by Crippen LogP contribution is 2.27. The summed E-state index contributed by atoms with van der Waals surface area (Å²) in [6.45, 7) is 2.09. The van der Waals surface area contributed by atoms with E-state index < -0.39 is 0 Å². The Kier molecular flexibility index (Phi) is 4.24. The van der Waals surface area contributed by atoms with E-state index in [0.29, 0.717) is 10.0 Å². The van der Waals surface area contributed by atoms with Gasteiger partial charge in [-0.25, -0.2) is 4.98 Å². The normalized spacial score (nSPS) is 11.2. The first-order valence-corrected chi connectivity index (χ1v) is 8.84. The maximum Gasteiger partial charge on any atom is 0.138 e. The molecule has 4 rings (SSSR count). The van der Waals surface area contributed by atoms with Crippen LogP contribution in [0, 0.1) is 6.92 Å². The Hall–Kier alpha value is -2.29. The van der Waals surface area contributed by atoms with E-state index in [1.54, 1.807) is 0 Å². The van der Waals surface area contributed by atoms with Crippen LogP contribution in [0.25, 0.3) is 22.4 Å². The van der Waals surface area contributed by atoms with Crippen LogP contribution in [0.4, 0.5) is 0 Å². The van der Waals surface area contributed by atoms with Gasteiger partial charge in [0.2, 0.25) is 0 Å². The lowest BCUT2D eigenvalue weighted by atomic mass is 10.0. The molecule has 0 aliphatic rings. The summed E-state index contributed by atoms with van der Waals surface area (Å²) in [7, 11) is 0. The number of nitrogens with one attached hydrogen (secondary N) is 1.